The number of anilines is 4. The molecule has 0 unspecified atom stereocenters. The highest BCUT2D eigenvalue weighted by Gasteiger charge is 2.11. The lowest BCUT2D eigenvalue weighted by Crippen LogP contribution is -2.09. The normalized spacial score (nSPS) is 10.9. The van der Waals surface area contributed by atoms with E-state index in [0.717, 1.165) is 28.3 Å². The SMILES string of the molecule is Cc1ccc(N/N=C\c2ccc(N(c3ccccc3)c3ccccc3)cc2)c(C)c1. The van der Waals surface area contributed by atoms with Crippen LogP contribution in [0, 0.1) is 13.8 Å². The lowest BCUT2D eigenvalue weighted by atomic mass is 10.1. The maximum atomic E-state index is 4.40. The van der Waals surface area contributed by atoms with Crippen molar-refractivity contribution >= 4 is 29.0 Å². The van der Waals surface area contributed by atoms with Crippen molar-refractivity contribution in [3.05, 3.63) is 120 Å². The molecule has 4 aromatic rings. The Kier molecular flexibility index (Phi) is 5.90. The summed E-state index contributed by atoms with van der Waals surface area (Å²) in [6.45, 7) is 4.18. The number of hydrogen-bond acceptors (Lipinski definition) is 3. The second-order valence-corrected chi connectivity index (χ2v) is 7.29. The topological polar surface area (TPSA) is 27.6 Å². The van der Waals surface area contributed by atoms with Gasteiger partial charge in [-0.25, -0.2) is 0 Å². The molecule has 0 bridgehead atoms. The smallest absolute Gasteiger partial charge is 0.0591 e. The molecule has 148 valence electrons. The van der Waals surface area contributed by atoms with Gasteiger partial charge in [-0.05, 0) is 67.4 Å². The zero-order valence-electron chi connectivity index (χ0n) is 17.3. The maximum Gasteiger partial charge on any atom is 0.0591 e. The van der Waals surface area contributed by atoms with Crippen LogP contribution in [0.15, 0.2) is 108 Å². The van der Waals surface area contributed by atoms with Gasteiger partial charge in [-0.2, -0.15) is 5.10 Å². The lowest BCUT2D eigenvalue weighted by Gasteiger charge is -2.25. The third-order valence-corrected chi connectivity index (χ3v) is 4.96. The van der Waals surface area contributed by atoms with Gasteiger partial charge in [-0.1, -0.05) is 66.2 Å². The van der Waals surface area contributed by atoms with Crippen LogP contribution >= 0.6 is 0 Å². The van der Waals surface area contributed by atoms with Crippen molar-refractivity contribution in [2.24, 2.45) is 5.10 Å². The highest BCUT2D eigenvalue weighted by Crippen LogP contribution is 2.33. The zero-order valence-corrected chi connectivity index (χ0v) is 17.3. The molecule has 30 heavy (non-hydrogen) atoms. The van der Waals surface area contributed by atoms with Crippen LogP contribution in [0.25, 0.3) is 0 Å². The summed E-state index contributed by atoms with van der Waals surface area (Å²) in [6, 6.07) is 35.5. The summed E-state index contributed by atoms with van der Waals surface area (Å²) in [5.41, 5.74) is 11.0. The van der Waals surface area contributed by atoms with Gasteiger partial charge >= 0.3 is 0 Å². The van der Waals surface area contributed by atoms with Gasteiger partial charge in [0.1, 0.15) is 0 Å². The van der Waals surface area contributed by atoms with Crippen LogP contribution in [0.5, 0.6) is 0 Å². The van der Waals surface area contributed by atoms with E-state index in [4.69, 9.17) is 0 Å². The van der Waals surface area contributed by atoms with Crippen molar-refractivity contribution in [1.29, 1.82) is 0 Å². The van der Waals surface area contributed by atoms with E-state index in [1.165, 1.54) is 11.1 Å². The largest absolute Gasteiger partial charge is 0.311 e. The summed E-state index contributed by atoms with van der Waals surface area (Å²) < 4.78 is 0. The molecule has 0 aliphatic carbocycles. The van der Waals surface area contributed by atoms with E-state index in [-0.39, 0.29) is 0 Å². The van der Waals surface area contributed by atoms with Gasteiger partial charge in [0.25, 0.3) is 0 Å². The Hall–Kier alpha value is -3.85. The molecule has 0 amide bonds. The molecule has 3 nitrogen and oxygen atoms in total. The Balaban J connectivity index is 1.55. The Morgan fingerprint density at radius 1 is 0.667 bits per heavy atom. The highest BCUT2D eigenvalue weighted by molar-refractivity contribution is 5.83. The fourth-order valence-corrected chi connectivity index (χ4v) is 3.43. The molecule has 0 saturated heterocycles. The van der Waals surface area contributed by atoms with Crippen LogP contribution in [0.1, 0.15) is 16.7 Å². The summed E-state index contributed by atoms with van der Waals surface area (Å²) in [6.07, 6.45) is 1.85. The van der Waals surface area contributed by atoms with E-state index in [9.17, 15) is 0 Å². The predicted octanol–water partition coefficient (Wildman–Crippen LogP) is 7.22. The second kappa shape index (κ2) is 9.10. The summed E-state index contributed by atoms with van der Waals surface area (Å²) in [5, 5.41) is 4.40. The molecular formula is C27H25N3. The van der Waals surface area contributed by atoms with E-state index in [1.807, 2.05) is 18.3 Å². The van der Waals surface area contributed by atoms with Gasteiger partial charge in [0.05, 0.1) is 11.9 Å². The fraction of sp³-hybridized carbons (Fsp3) is 0.0741. The minimum absolute atomic E-state index is 1.02. The number of rotatable bonds is 6. The maximum absolute atomic E-state index is 4.40. The molecule has 0 aliphatic rings. The van der Waals surface area contributed by atoms with Crippen LogP contribution < -0.4 is 10.3 Å². The molecule has 0 heterocycles. The van der Waals surface area contributed by atoms with Gasteiger partial charge in [0.2, 0.25) is 0 Å². The first-order valence-corrected chi connectivity index (χ1v) is 10.1. The third kappa shape index (κ3) is 4.58. The monoisotopic (exact) mass is 391 g/mol. The molecule has 0 aliphatic heterocycles. The molecule has 0 radical (unpaired) electrons. The number of nitrogens with zero attached hydrogens (tertiary/aromatic N) is 2. The Bertz CT molecular complexity index is 1080. The van der Waals surface area contributed by atoms with Crippen molar-refractivity contribution in [2.45, 2.75) is 13.8 Å². The van der Waals surface area contributed by atoms with Crippen molar-refractivity contribution < 1.29 is 0 Å². The first-order chi connectivity index (χ1) is 14.7. The number of hydrogen-bond donors (Lipinski definition) is 1. The van der Waals surface area contributed by atoms with Crippen molar-refractivity contribution in [1.82, 2.24) is 0 Å². The standard InChI is InChI=1S/C27H25N3/c1-21-13-18-27(22(2)19-21)29-28-20-23-14-16-26(17-15-23)30(24-9-5-3-6-10-24)25-11-7-4-8-12-25/h3-20,29H,1-2H3/b28-20-. The Morgan fingerprint density at radius 3 is 1.80 bits per heavy atom. The van der Waals surface area contributed by atoms with Crippen LogP contribution in [0.4, 0.5) is 22.7 Å². The second-order valence-electron chi connectivity index (χ2n) is 7.29. The van der Waals surface area contributed by atoms with E-state index in [0.29, 0.717) is 0 Å². The quantitative estimate of drug-likeness (QED) is 0.277. The van der Waals surface area contributed by atoms with Gasteiger partial charge in [0.15, 0.2) is 0 Å². The lowest BCUT2D eigenvalue weighted by molar-refractivity contribution is 1.28. The molecule has 0 aromatic heterocycles. The Morgan fingerprint density at radius 2 is 1.23 bits per heavy atom. The molecule has 0 atom stereocenters. The van der Waals surface area contributed by atoms with Crippen molar-refractivity contribution in [3.63, 3.8) is 0 Å². The van der Waals surface area contributed by atoms with Crippen LogP contribution in [0.2, 0.25) is 0 Å². The number of aryl methyl sites for hydroxylation is 2. The molecule has 0 fully saturated rings. The average Bonchev–Trinajstić information content (AvgIpc) is 2.78. The first-order valence-electron chi connectivity index (χ1n) is 10.1. The molecule has 0 spiro atoms. The zero-order chi connectivity index (χ0) is 20.8. The summed E-state index contributed by atoms with van der Waals surface area (Å²) in [7, 11) is 0. The molecule has 4 rings (SSSR count). The van der Waals surface area contributed by atoms with E-state index in [1.54, 1.807) is 0 Å². The average molecular weight is 392 g/mol. The summed E-state index contributed by atoms with van der Waals surface area (Å²) in [5.74, 6) is 0. The molecule has 1 N–H and O–H groups in total. The third-order valence-electron chi connectivity index (χ3n) is 4.96. The van der Waals surface area contributed by atoms with Crippen LogP contribution in [-0.2, 0) is 0 Å². The minimum atomic E-state index is 1.02. The van der Waals surface area contributed by atoms with Gasteiger partial charge in [0, 0.05) is 17.1 Å². The fourth-order valence-electron chi connectivity index (χ4n) is 3.43. The summed E-state index contributed by atoms with van der Waals surface area (Å²) >= 11 is 0. The van der Waals surface area contributed by atoms with E-state index in [2.05, 4.69) is 120 Å². The Labute approximate surface area is 178 Å². The highest BCUT2D eigenvalue weighted by atomic mass is 15.3. The number of hydrazone groups is 1. The first kappa shape index (κ1) is 19.5. The number of para-hydroxylation sites is 2. The minimum Gasteiger partial charge on any atom is -0.311 e. The molecule has 3 heteroatoms. The van der Waals surface area contributed by atoms with Gasteiger partial charge in [-0.15, -0.1) is 0 Å². The van der Waals surface area contributed by atoms with E-state index < -0.39 is 0 Å². The predicted molar refractivity (Wildman–Crippen MR) is 128 cm³/mol. The van der Waals surface area contributed by atoms with Crippen LogP contribution in [-0.4, -0.2) is 6.21 Å². The molecular weight excluding hydrogens is 366 g/mol. The van der Waals surface area contributed by atoms with Gasteiger partial charge < -0.3 is 4.90 Å². The molecule has 4 aromatic carbocycles. The number of nitrogens with one attached hydrogen (secondary N) is 1. The van der Waals surface area contributed by atoms with Gasteiger partial charge in [-0.3, -0.25) is 5.43 Å². The summed E-state index contributed by atoms with van der Waals surface area (Å²) in [4.78, 5) is 2.24. The van der Waals surface area contributed by atoms with Crippen molar-refractivity contribution in [3.8, 4) is 0 Å². The number of benzene rings is 4. The van der Waals surface area contributed by atoms with Crippen molar-refractivity contribution in [2.75, 3.05) is 10.3 Å². The van der Waals surface area contributed by atoms with Crippen LogP contribution in [0.3, 0.4) is 0 Å². The molecule has 0 saturated carbocycles. The van der Waals surface area contributed by atoms with E-state index >= 15 is 0 Å².